The average molecular weight is 109 g/mol. The van der Waals surface area contributed by atoms with Gasteiger partial charge in [-0.3, -0.25) is 0 Å². The summed E-state index contributed by atoms with van der Waals surface area (Å²) in [7, 11) is 0. The summed E-state index contributed by atoms with van der Waals surface area (Å²) in [6.45, 7) is 1.35. The normalized spacial score (nSPS) is 66.0. The Morgan fingerprint density at radius 3 is 2.62 bits per heavy atom. The van der Waals surface area contributed by atoms with E-state index >= 15 is 0 Å². The fourth-order valence-corrected chi connectivity index (χ4v) is 2.70. The largest absolute Gasteiger partial charge is 0.313 e. The van der Waals surface area contributed by atoms with Gasteiger partial charge in [0.1, 0.15) is 0 Å². The van der Waals surface area contributed by atoms with E-state index in [1.165, 1.54) is 19.4 Å². The molecular weight excluding hydrogens is 98.1 g/mol. The molecule has 0 radical (unpaired) electrons. The third kappa shape index (κ3) is 0.218. The highest BCUT2D eigenvalue weighted by Gasteiger charge is 2.67. The molecule has 44 valence electrons. The van der Waals surface area contributed by atoms with Gasteiger partial charge in [0.05, 0.1) is 0 Å². The van der Waals surface area contributed by atoms with Crippen molar-refractivity contribution in [3.05, 3.63) is 0 Å². The zero-order chi connectivity index (χ0) is 5.19. The van der Waals surface area contributed by atoms with E-state index < -0.39 is 0 Å². The summed E-state index contributed by atoms with van der Waals surface area (Å²) < 4.78 is 0. The third-order valence-corrected chi connectivity index (χ3v) is 3.45. The van der Waals surface area contributed by atoms with Crippen LogP contribution in [0.5, 0.6) is 0 Å². The first-order valence-electron chi connectivity index (χ1n) is 3.65. The maximum Gasteiger partial charge on any atom is 0.0139 e. The van der Waals surface area contributed by atoms with Gasteiger partial charge in [0.2, 0.25) is 0 Å². The molecule has 2 aliphatic carbocycles. The first kappa shape index (κ1) is 3.89. The molecule has 1 heteroatoms. The van der Waals surface area contributed by atoms with Gasteiger partial charge in [0.15, 0.2) is 0 Å². The van der Waals surface area contributed by atoms with Gasteiger partial charge < -0.3 is 5.32 Å². The van der Waals surface area contributed by atoms with Crippen molar-refractivity contribution in [2.75, 3.05) is 6.54 Å². The quantitative estimate of drug-likeness (QED) is 0.484. The number of nitrogens with one attached hydrogen (secondary N) is 1. The smallest absolute Gasteiger partial charge is 0.0139 e. The Morgan fingerprint density at radius 1 is 1.38 bits per heavy atom. The molecule has 2 saturated carbocycles. The number of rotatable bonds is 0. The van der Waals surface area contributed by atoms with Gasteiger partial charge in [-0.15, -0.1) is 0 Å². The van der Waals surface area contributed by atoms with E-state index in [1.807, 2.05) is 0 Å². The Hall–Kier alpha value is -0.0400. The Bertz CT molecular complexity index is 137. The van der Waals surface area contributed by atoms with Crippen molar-refractivity contribution in [2.24, 2.45) is 11.3 Å². The maximum absolute atomic E-state index is 3.49. The van der Waals surface area contributed by atoms with Crippen molar-refractivity contribution in [3.8, 4) is 0 Å². The van der Waals surface area contributed by atoms with Crippen molar-refractivity contribution in [1.82, 2.24) is 5.32 Å². The summed E-state index contributed by atoms with van der Waals surface area (Å²) in [5.74, 6) is 1.16. The summed E-state index contributed by atoms with van der Waals surface area (Å²) in [4.78, 5) is 0. The van der Waals surface area contributed by atoms with Crippen LogP contribution >= 0.6 is 0 Å². The number of hydrogen-bond acceptors (Lipinski definition) is 1. The predicted octanol–water partition coefficient (Wildman–Crippen LogP) is 0.758. The summed E-state index contributed by atoms with van der Waals surface area (Å²) in [6, 6.07) is 0.965. The van der Waals surface area contributed by atoms with Crippen LogP contribution in [0.15, 0.2) is 0 Å². The molecule has 1 nitrogen and oxygen atoms in total. The molecule has 1 heterocycles. The summed E-state index contributed by atoms with van der Waals surface area (Å²) in [5, 5.41) is 3.49. The molecule has 0 aromatic heterocycles. The summed E-state index contributed by atoms with van der Waals surface area (Å²) in [6.07, 6.45) is 4.56. The Balaban J connectivity index is 2.02. The second kappa shape index (κ2) is 0.860. The van der Waals surface area contributed by atoms with Crippen LogP contribution in [-0.4, -0.2) is 12.6 Å². The van der Waals surface area contributed by atoms with Crippen molar-refractivity contribution >= 4 is 0 Å². The third-order valence-electron chi connectivity index (χ3n) is 3.45. The number of hydrogen-bond donors (Lipinski definition) is 1. The van der Waals surface area contributed by atoms with Crippen molar-refractivity contribution < 1.29 is 0 Å². The fourth-order valence-electron chi connectivity index (χ4n) is 2.70. The standard InChI is InChI=1S/C7H11N/c1-2-6-7(4-8-6)3-5(1)7/h5-6,8H,1-4H2/t5-,6+,7?/m1/s1. The second-order valence-electron chi connectivity index (χ2n) is 3.65. The Morgan fingerprint density at radius 2 is 2.38 bits per heavy atom. The first-order valence-corrected chi connectivity index (χ1v) is 3.65. The molecule has 8 heavy (non-hydrogen) atoms. The van der Waals surface area contributed by atoms with Crippen LogP contribution in [0.25, 0.3) is 0 Å². The average Bonchev–Trinajstić information content (AvgIpc) is 2.36. The summed E-state index contributed by atoms with van der Waals surface area (Å²) >= 11 is 0. The zero-order valence-electron chi connectivity index (χ0n) is 4.98. The molecule has 1 saturated heterocycles. The van der Waals surface area contributed by atoms with Crippen LogP contribution in [0, 0.1) is 11.3 Å². The molecule has 0 aromatic carbocycles. The lowest BCUT2D eigenvalue weighted by Gasteiger charge is -2.35. The molecule has 3 aliphatic rings. The highest BCUT2D eigenvalue weighted by Crippen LogP contribution is 2.66. The van der Waals surface area contributed by atoms with Crippen LogP contribution in [0.2, 0.25) is 0 Å². The topological polar surface area (TPSA) is 12.0 Å². The Kier molecular flexibility index (Phi) is 0.418. The first-order chi connectivity index (χ1) is 3.92. The van der Waals surface area contributed by atoms with E-state index in [9.17, 15) is 0 Å². The molecule has 1 spiro atoms. The van der Waals surface area contributed by atoms with Crippen molar-refractivity contribution in [3.63, 3.8) is 0 Å². The molecule has 0 bridgehead atoms. The lowest BCUT2D eigenvalue weighted by Crippen LogP contribution is -2.53. The van der Waals surface area contributed by atoms with E-state index in [-0.39, 0.29) is 0 Å². The van der Waals surface area contributed by atoms with Crippen LogP contribution in [0.4, 0.5) is 0 Å². The predicted molar refractivity (Wildman–Crippen MR) is 31.6 cm³/mol. The van der Waals surface area contributed by atoms with E-state index in [0.717, 1.165) is 17.4 Å². The van der Waals surface area contributed by atoms with E-state index in [0.29, 0.717) is 0 Å². The fraction of sp³-hybridized carbons (Fsp3) is 1.00. The van der Waals surface area contributed by atoms with Crippen molar-refractivity contribution in [1.29, 1.82) is 0 Å². The van der Waals surface area contributed by atoms with Gasteiger partial charge in [0.25, 0.3) is 0 Å². The van der Waals surface area contributed by atoms with E-state index in [4.69, 9.17) is 0 Å². The molecule has 3 fully saturated rings. The van der Waals surface area contributed by atoms with E-state index in [2.05, 4.69) is 5.32 Å². The monoisotopic (exact) mass is 109 g/mol. The van der Waals surface area contributed by atoms with Gasteiger partial charge in [0, 0.05) is 18.0 Å². The summed E-state index contributed by atoms with van der Waals surface area (Å²) in [5.41, 5.74) is 0.889. The molecule has 1 N–H and O–H groups in total. The zero-order valence-corrected chi connectivity index (χ0v) is 4.98. The maximum atomic E-state index is 3.49. The SMILES string of the molecule is C1C[C@@H]2NCC23C[C@@H]13. The molecule has 3 atom stereocenters. The minimum absolute atomic E-state index is 0.889. The molecular formula is C7H11N. The molecule has 0 aromatic rings. The minimum Gasteiger partial charge on any atom is -0.313 e. The van der Waals surface area contributed by atoms with Crippen LogP contribution in [-0.2, 0) is 0 Å². The second-order valence-corrected chi connectivity index (χ2v) is 3.65. The lowest BCUT2D eigenvalue weighted by atomic mass is 9.90. The van der Waals surface area contributed by atoms with Gasteiger partial charge in [-0.2, -0.15) is 0 Å². The van der Waals surface area contributed by atoms with Crippen LogP contribution in [0.1, 0.15) is 19.3 Å². The molecule has 0 amide bonds. The molecule has 1 aliphatic heterocycles. The van der Waals surface area contributed by atoms with Gasteiger partial charge in [-0.25, -0.2) is 0 Å². The molecule has 3 rings (SSSR count). The van der Waals surface area contributed by atoms with Gasteiger partial charge >= 0.3 is 0 Å². The lowest BCUT2D eigenvalue weighted by molar-refractivity contribution is 0.222. The van der Waals surface area contributed by atoms with E-state index in [1.54, 1.807) is 6.42 Å². The van der Waals surface area contributed by atoms with Crippen LogP contribution < -0.4 is 5.32 Å². The van der Waals surface area contributed by atoms with Crippen molar-refractivity contribution in [2.45, 2.75) is 25.3 Å². The highest BCUT2D eigenvalue weighted by molar-refractivity contribution is 5.21. The minimum atomic E-state index is 0.889. The highest BCUT2D eigenvalue weighted by atomic mass is 15.1. The molecule has 1 unspecified atom stereocenters. The Labute approximate surface area is 49.5 Å². The van der Waals surface area contributed by atoms with Gasteiger partial charge in [-0.1, -0.05) is 0 Å². The van der Waals surface area contributed by atoms with Gasteiger partial charge in [-0.05, 0) is 25.2 Å². The van der Waals surface area contributed by atoms with Crippen LogP contribution in [0.3, 0.4) is 0 Å².